The van der Waals surface area contributed by atoms with Crippen molar-refractivity contribution in [3.8, 4) is 0 Å². The monoisotopic (exact) mass is 269 g/mol. The van der Waals surface area contributed by atoms with E-state index in [-0.39, 0.29) is 0 Å². The Hall–Kier alpha value is -0.570. The van der Waals surface area contributed by atoms with E-state index in [2.05, 4.69) is 25.7 Å². The van der Waals surface area contributed by atoms with Gasteiger partial charge in [0.15, 0.2) is 0 Å². The molecule has 0 amide bonds. The van der Waals surface area contributed by atoms with Crippen LogP contribution in [0, 0.1) is 5.92 Å². The maximum absolute atomic E-state index is 10.6. The van der Waals surface area contributed by atoms with Crippen LogP contribution in [0.3, 0.4) is 0 Å². The second-order valence-corrected chi connectivity index (χ2v) is 6.27. The first-order valence-corrected chi connectivity index (χ1v) is 8.02. The molecule has 0 radical (unpaired) electrons. The molecule has 0 saturated heterocycles. The van der Waals surface area contributed by atoms with Crippen LogP contribution in [0.2, 0.25) is 0 Å². The fraction of sp³-hybridized carbons (Fsp3) is 0.938. The molecule has 1 N–H and O–H groups in total. The van der Waals surface area contributed by atoms with Crippen LogP contribution in [-0.4, -0.2) is 34.6 Å². The highest BCUT2D eigenvalue weighted by Gasteiger charge is 2.24. The van der Waals surface area contributed by atoms with Gasteiger partial charge in [0.05, 0.1) is 0 Å². The number of rotatable bonds is 7. The molecule has 0 aromatic carbocycles. The average Bonchev–Trinajstić information content (AvgIpc) is 2.59. The van der Waals surface area contributed by atoms with E-state index in [0.29, 0.717) is 18.5 Å². The Labute approximate surface area is 118 Å². The fourth-order valence-corrected chi connectivity index (χ4v) is 3.37. The number of carboxylic acid groups (broad SMARTS) is 1. The van der Waals surface area contributed by atoms with Crippen molar-refractivity contribution in [3.05, 3.63) is 0 Å². The van der Waals surface area contributed by atoms with E-state index >= 15 is 0 Å². The highest BCUT2D eigenvalue weighted by atomic mass is 16.4. The fourth-order valence-electron chi connectivity index (χ4n) is 3.37. The molecular formula is C16H31NO2. The summed E-state index contributed by atoms with van der Waals surface area (Å²) in [5.41, 5.74) is 0. The number of carbonyl (C=O) groups is 1. The Morgan fingerprint density at radius 2 is 2.00 bits per heavy atom. The van der Waals surface area contributed by atoms with Crippen molar-refractivity contribution in [2.75, 3.05) is 6.54 Å². The molecule has 3 heteroatoms. The van der Waals surface area contributed by atoms with Gasteiger partial charge in [-0.2, -0.15) is 0 Å². The van der Waals surface area contributed by atoms with Crippen LogP contribution in [0.15, 0.2) is 0 Å². The molecule has 0 heterocycles. The minimum atomic E-state index is -0.671. The van der Waals surface area contributed by atoms with Gasteiger partial charge in [0.1, 0.15) is 0 Å². The van der Waals surface area contributed by atoms with Crippen molar-refractivity contribution in [1.82, 2.24) is 4.90 Å². The minimum Gasteiger partial charge on any atom is -0.481 e. The summed E-state index contributed by atoms with van der Waals surface area (Å²) >= 11 is 0. The van der Waals surface area contributed by atoms with Crippen molar-refractivity contribution >= 4 is 5.97 Å². The summed E-state index contributed by atoms with van der Waals surface area (Å²) in [7, 11) is 0. The zero-order valence-electron chi connectivity index (χ0n) is 12.9. The van der Waals surface area contributed by atoms with Gasteiger partial charge in [-0.15, -0.1) is 0 Å². The maximum atomic E-state index is 10.6. The molecule has 1 aliphatic rings. The molecule has 0 aromatic rings. The molecule has 0 aromatic heterocycles. The lowest BCUT2D eigenvalue weighted by Gasteiger charge is -2.34. The predicted molar refractivity (Wildman–Crippen MR) is 79.4 cm³/mol. The van der Waals surface area contributed by atoms with Crippen LogP contribution in [0.4, 0.5) is 0 Å². The van der Waals surface area contributed by atoms with Gasteiger partial charge in [-0.25, -0.2) is 0 Å². The Balaban J connectivity index is 2.48. The largest absolute Gasteiger partial charge is 0.481 e. The topological polar surface area (TPSA) is 40.5 Å². The molecule has 1 rings (SSSR count). The van der Waals surface area contributed by atoms with Crippen LogP contribution < -0.4 is 0 Å². The van der Waals surface area contributed by atoms with E-state index in [0.717, 1.165) is 18.9 Å². The van der Waals surface area contributed by atoms with Gasteiger partial charge >= 0.3 is 5.97 Å². The molecule has 19 heavy (non-hydrogen) atoms. The lowest BCUT2D eigenvalue weighted by molar-refractivity contribution is -0.137. The quantitative estimate of drug-likeness (QED) is 0.712. The summed E-state index contributed by atoms with van der Waals surface area (Å²) in [5.74, 6) is 0.244. The van der Waals surface area contributed by atoms with E-state index in [4.69, 9.17) is 5.11 Å². The highest BCUT2D eigenvalue weighted by molar-refractivity contribution is 5.66. The summed E-state index contributed by atoms with van der Waals surface area (Å²) in [5, 5.41) is 8.77. The molecule has 112 valence electrons. The van der Waals surface area contributed by atoms with E-state index in [1.54, 1.807) is 0 Å². The lowest BCUT2D eigenvalue weighted by atomic mass is 9.97. The smallest absolute Gasteiger partial charge is 0.303 e. The SMILES string of the molecule is CCC1CCCC(N(CCCC(=O)O)C(C)C)CC1. The summed E-state index contributed by atoms with van der Waals surface area (Å²) in [6.45, 7) is 7.72. The van der Waals surface area contributed by atoms with Crippen LogP contribution in [0.25, 0.3) is 0 Å². The van der Waals surface area contributed by atoms with Gasteiger partial charge in [0.25, 0.3) is 0 Å². The van der Waals surface area contributed by atoms with Gasteiger partial charge in [-0.3, -0.25) is 9.69 Å². The Morgan fingerprint density at radius 1 is 1.26 bits per heavy atom. The van der Waals surface area contributed by atoms with Crippen LogP contribution in [0.1, 0.15) is 72.1 Å². The van der Waals surface area contributed by atoms with Crippen molar-refractivity contribution in [2.45, 2.75) is 84.2 Å². The number of nitrogens with zero attached hydrogens (tertiary/aromatic N) is 1. The van der Waals surface area contributed by atoms with E-state index < -0.39 is 5.97 Å². The number of aliphatic carboxylic acids is 1. The number of hydrogen-bond donors (Lipinski definition) is 1. The summed E-state index contributed by atoms with van der Waals surface area (Å²) < 4.78 is 0. The molecule has 0 spiro atoms. The normalized spacial score (nSPS) is 24.7. The number of carboxylic acids is 1. The second kappa shape index (κ2) is 8.57. The molecule has 1 saturated carbocycles. The minimum absolute atomic E-state index is 0.299. The standard InChI is InChI=1S/C16H31NO2/c1-4-14-7-5-8-15(11-10-14)17(13(2)3)12-6-9-16(18)19/h13-15H,4-12H2,1-3H3,(H,18,19). The molecule has 3 nitrogen and oxygen atoms in total. The lowest BCUT2D eigenvalue weighted by Crippen LogP contribution is -2.41. The molecule has 1 aliphatic carbocycles. The zero-order chi connectivity index (χ0) is 14.3. The van der Waals surface area contributed by atoms with Gasteiger partial charge in [-0.1, -0.05) is 26.2 Å². The summed E-state index contributed by atoms with van der Waals surface area (Å²) in [6.07, 6.45) is 9.05. The zero-order valence-corrected chi connectivity index (χ0v) is 12.9. The van der Waals surface area contributed by atoms with Crippen molar-refractivity contribution in [1.29, 1.82) is 0 Å². The van der Waals surface area contributed by atoms with Gasteiger partial charge in [-0.05, 0) is 52.0 Å². The van der Waals surface area contributed by atoms with E-state index in [1.165, 1.54) is 38.5 Å². The van der Waals surface area contributed by atoms with Gasteiger partial charge in [0, 0.05) is 18.5 Å². The van der Waals surface area contributed by atoms with Crippen molar-refractivity contribution < 1.29 is 9.90 Å². The average molecular weight is 269 g/mol. The third kappa shape index (κ3) is 5.94. The van der Waals surface area contributed by atoms with Crippen molar-refractivity contribution in [3.63, 3.8) is 0 Å². The summed E-state index contributed by atoms with van der Waals surface area (Å²) in [6, 6.07) is 1.20. The third-order valence-corrected chi connectivity index (χ3v) is 4.57. The van der Waals surface area contributed by atoms with Crippen molar-refractivity contribution in [2.24, 2.45) is 5.92 Å². The summed E-state index contributed by atoms with van der Waals surface area (Å²) in [4.78, 5) is 13.2. The first-order valence-electron chi connectivity index (χ1n) is 8.02. The molecule has 2 atom stereocenters. The van der Waals surface area contributed by atoms with E-state index in [9.17, 15) is 4.79 Å². The van der Waals surface area contributed by atoms with Crippen LogP contribution in [0.5, 0.6) is 0 Å². The van der Waals surface area contributed by atoms with Gasteiger partial charge < -0.3 is 5.11 Å². The molecular weight excluding hydrogens is 238 g/mol. The third-order valence-electron chi connectivity index (χ3n) is 4.57. The van der Waals surface area contributed by atoms with Gasteiger partial charge in [0.2, 0.25) is 0 Å². The Morgan fingerprint density at radius 3 is 2.58 bits per heavy atom. The predicted octanol–water partition coefficient (Wildman–Crippen LogP) is 3.92. The first-order chi connectivity index (χ1) is 9.04. The Kier molecular flexibility index (Phi) is 7.44. The highest BCUT2D eigenvalue weighted by Crippen LogP contribution is 2.29. The maximum Gasteiger partial charge on any atom is 0.303 e. The first kappa shape index (κ1) is 16.5. The molecule has 2 unspecified atom stereocenters. The number of hydrogen-bond acceptors (Lipinski definition) is 2. The van der Waals surface area contributed by atoms with Crippen LogP contribution >= 0.6 is 0 Å². The van der Waals surface area contributed by atoms with Crippen LogP contribution in [-0.2, 0) is 4.79 Å². The molecule has 1 fully saturated rings. The Bertz CT molecular complexity index is 265. The molecule has 0 aliphatic heterocycles. The second-order valence-electron chi connectivity index (χ2n) is 6.27. The van der Waals surface area contributed by atoms with E-state index in [1.807, 2.05) is 0 Å². The molecule has 0 bridgehead atoms.